The molecule has 2 aromatic heterocycles. The molecule has 0 radical (unpaired) electrons. The highest BCUT2D eigenvalue weighted by Crippen LogP contribution is 2.27. The number of nitrogens with one attached hydrogen (secondary N) is 3. The summed E-state index contributed by atoms with van der Waals surface area (Å²) >= 11 is 3.01. The second-order valence-corrected chi connectivity index (χ2v) is 10.7. The van der Waals surface area contributed by atoms with E-state index in [0.29, 0.717) is 11.1 Å². The molecule has 0 fully saturated rings. The Hall–Kier alpha value is -3.04. The number of anilines is 3. The first-order valence-corrected chi connectivity index (χ1v) is 13.8. The van der Waals surface area contributed by atoms with Crippen molar-refractivity contribution in [2.75, 3.05) is 13.7 Å². The van der Waals surface area contributed by atoms with Crippen LogP contribution in [0.5, 0.6) is 0 Å². The number of halogens is 1. The predicted molar refractivity (Wildman–Crippen MR) is 144 cm³/mol. The summed E-state index contributed by atoms with van der Waals surface area (Å²) in [6.07, 6.45) is 1.27. The summed E-state index contributed by atoms with van der Waals surface area (Å²) in [7, 11) is -4.00. The molecule has 1 aliphatic heterocycles. The van der Waals surface area contributed by atoms with Crippen LogP contribution >= 0.6 is 34.2 Å². The van der Waals surface area contributed by atoms with E-state index < -0.39 is 27.9 Å². The molecule has 35 heavy (non-hydrogen) atoms. The quantitative estimate of drug-likeness (QED) is 0.216. The van der Waals surface area contributed by atoms with Crippen molar-refractivity contribution in [3.05, 3.63) is 64.7 Å². The van der Waals surface area contributed by atoms with Crippen molar-refractivity contribution in [1.82, 2.24) is 9.71 Å². The molecule has 0 aliphatic carbocycles. The lowest BCUT2D eigenvalue weighted by Crippen LogP contribution is -2.43. The number of urea groups is 1. The number of amides is 4. The lowest BCUT2D eigenvalue weighted by Gasteiger charge is -2.26. The monoisotopic (exact) mass is 627 g/mol. The van der Waals surface area contributed by atoms with Gasteiger partial charge in [-0.3, -0.25) is 9.59 Å². The molecule has 0 saturated heterocycles. The molecule has 0 spiro atoms. The molecule has 1 aromatic carbocycles. The second-order valence-electron chi connectivity index (χ2n) is 7.01. The van der Waals surface area contributed by atoms with Crippen LogP contribution in [-0.2, 0) is 21.2 Å². The third-order valence-corrected chi connectivity index (χ3v) is 8.13. The van der Waals surface area contributed by atoms with Crippen molar-refractivity contribution < 1.29 is 22.8 Å². The van der Waals surface area contributed by atoms with Crippen LogP contribution < -0.4 is 18.5 Å². The Labute approximate surface area is 220 Å². The predicted octanol–water partition coefficient (Wildman–Crippen LogP) is 4.48. The molecular formula is C22H22IN5O5S2. The van der Waals surface area contributed by atoms with E-state index in [1.807, 2.05) is 41.4 Å². The lowest BCUT2D eigenvalue weighted by atomic mass is 9.98. The molecule has 3 aromatic rings. The molecule has 0 unspecified atom stereocenters. The second kappa shape index (κ2) is 11.1. The summed E-state index contributed by atoms with van der Waals surface area (Å²) < 4.78 is 29.4. The summed E-state index contributed by atoms with van der Waals surface area (Å²) in [6.45, 7) is 5.76. The maximum Gasteiger partial charge on any atom is 0.333 e. The molecule has 3 N–H and O–H groups in total. The highest BCUT2D eigenvalue weighted by atomic mass is 127. The zero-order valence-corrected chi connectivity index (χ0v) is 22.7. The summed E-state index contributed by atoms with van der Waals surface area (Å²) in [5.74, 6) is -0.828. The van der Waals surface area contributed by atoms with Gasteiger partial charge in [-0.05, 0) is 55.0 Å². The molecule has 3 heterocycles. The van der Waals surface area contributed by atoms with E-state index in [4.69, 9.17) is 0 Å². The van der Waals surface area contributed by atoms with Crippen LogP contribution in [0.1, 0.15) is 34.6 Å². The molecule has 0 bridgehead atoms. The average molecular weight is 627 g/mol. The van der Waals surface area contributed by atoms with Gasteiger partial charge in [-0.15, -0.1) is 11.3 Å². The van der Waals surface area contributed by atoms with Crippen molar-refractivity contribution in [2.45, 2.75) is 31.4 Å². The largest absolute Gasteiger partial charge is 0.333 e. The van der Waals surface area contributed by atoms with Gasteiger partial charge in [-0.25, -0.2) is 27.8 Å². The first kappa shape index (κ1) is 26.6. The third kappa shape index (κ3) is 5.97. The van der Waals surface area contributed by atoms with E-state index in [0.717, 1.165) is 26.8 Å². The Morgan fingerprint density at radius 2 is 1.80 bits per heavy atom. The molecule has 1 aliphatic rings. The van der Waals surface area contributed by atoms with Crippen molar-refractivity contribution >= 4 is 79.3 Å². The van der Waals surface area contributed by atoms with Gasteiger partial charge in [0.1, 0.15) is 10.0 Å². The Bertz CT molecular complexity index is 1370. The maximum absolute atomic E-state index is 12.9. The van der Waals surface area contributed by atoms with E-state index in [-0.39, 0.29) is 22.1 Å². The van der Waals surface area contributed by atoms with E-state index in [1.165, 1.54) is 24.4 Å². The van der Waals surface area contributed by atoms with Gasteiger partial charge >= 0.3 is 6.03 Å². The maximum atomic E-state index is 12.9. The number of nitrogens with zero attached hydrogens (tertiary/aromatic N) is 2. The number of hydrogen-bond acceptors (Lipinski definition) is 8. The summed E-state index contributed by atoms with van der Waals surface area (Å²) in [5.41, 5.74) is 2.00. The van der Waals surface area contributed by atoms with Crippen LogP contribution in [0.3, 0.4) is 0 Å². The number of fused-ring (bicyclic) bond motifs is 1. The summed E-state index contributed by atoms with van der Waals surface area (Å²) in [5, 5.41) is 2.37. The minimum Gasteiger partial charge on any atom is -0.328 e. The topological polar surface area (TPSA) is 138 Å². The van der Waals surface area contributed by atoms with Gasteiger partial charge in [0.2, 0.25) is 5.91 Å². The minimum atomic E-state index is -4.00. The van der Waals surface area contributed by atoms with Gasteiger partial charge < -0.3 is 8.85 Å². The van der Waals surface area contributed by atoms with Crippen molar-refractivity contribution in [2.24, 2.45) is 0 Å². The number of carbonyl (C=O) groups excluding carboxylic acids is 3. The molecule has 0 atom stereocenters. The lowest BCUT2D eigenvalue weighted by molar-refractivity contribution is -0.117. The van der Waals surface area contributed by atoms with E-state index in [2.05, 4.69) is 13.8 Å². The fourth-order valence-electron chi connectivity index (χ4n) is 3.19. The molecule has 4 rings (SSSR count). The Balaban J connectivity index is 0.00000167. The van der Waals surface area contributed by atoms with Gasteiger partial charge in [-0.2, -0.15) is 0 Å². The van der Waals surface area contributed by atoms with Crippen LogP contribution in [0, 0.1) is 6.92 Å². The number of benzene rings is 1. The van der Waals surface area contributed by atoms with Crippen LogP contribution in [-0.4, -0.2) is 31.2 Å². The summed E-state index contributed by atoms with van der Waals surface area (Å²) in [6, 6.07) is 10.0. The van der Waals surface area contributed by atoms with Crippen LogP contribution in [0.25, 0.3) is 0 Å². The SMILES string of the molecule is CC.Cc1ccc(S(=O)(=O)NC(=O)Nc2ccc(N3C(=O)Cc4cc(NI)ccc4C3=O)nc2)s1. The molecule has 0 saturated carbocycles. The third-order valence-electron chi connectivity index (χ3n) is 4.68. The Kier molecular flexibility index (Phi) is 8.45. The van der Waals surface area contributed by atoms with Crippen LogP contribution in [0.2, 0.25) is 0 Å². The number of carbonyl (C=O) groups is 3. The van der Waals surface area contributed by atoms with Gasteiger partial charge in [0.25, 0.3) is 15.9 Å². The number of sulfonamides is 1. The number of pyridine rings is 1. The van der Waals surface area contributed by atoms with Crippen molar-refractivity contribution in [1.29, 1.82) is 0 Å². The molecule has 13 heteroatoms. The molecular weight excluding hydrogens is 605 g/mol. The number of thiophene rings is 1. The number of aryl methyl sites for hydroxylation is 1. The van der Waals surface area contributed by atoms with Crippen molar-refractivity contribution in [3.8, 4) is 0 Å². The average Bonchev–Trinajstić information content (AvgIpc) is 3.28. The molecule has 4 amide bonds. The van der Waals surface area contributed by atoms with Gasteiger partial charge in [0.05, 0.1) is 41.2 Å². The summed E-state index contributed by atoms with van der Waals surface area (Å²) in [4.78, 5) is 43.5. The van der Waals surface area contributed by atoms with Gasteiger partial charge in [0.15, 0.2) is 0 Å². The first-order valence-electron chi connectivity index (χ1n) is 10.4. The van der Waals surface area contributed by atoms with E-state index in [1.54, 1.807) is 31.2 Å². The van der Waals surface area contributed by atoms with Crippen LogP contribution in [0.4, 0.5) is 22.0 Å². The standard InChI is InChI=1S/C20H16IN5O5S2.C2H6/c1-11-2-7-18(32-11)33(30,31)25-20(29)23-14-4-6-16(22-10-14)26-17(27)9-12-8-13(24-21)3-5-15(12)19(26)28;1-2/h2-8,10,24H,9H2,1H3,(H2,23,25,29);1-2H3. The highest BCUT2D eigenvalue weighted by Gasteiger charge is 2.33. The number of rotatable bonds is 5. The zero-order chi connectivity index (χ0) is 25.8. The Morgan fingerprint density at radius 1 is 1.09 bits per heavy atom. The number of imide groups is 1. The number of hydrogen-bond donors (Lipinski definition) is 3. The first-order chi connectivity index (χ1) is 16.7. The molecule has 10 nitrogen and oxygen atoms in total. The normalized spacial score (nSPS) is 12.9. The van der Waals surface area contributed by atoms with E-state index >= 15 is 0 Å². The van der Waals surface area contributed by atoms with Gasteiger partial charge in [-0.1, -0.05) is 13.8 Å². The fraction of sp³-hybridized carbons (Fsp3) is 0.182. The highest BCUT2D eigenvalue weighted by molar-refractivity contribution is 14.1. The van der Waals surface area contributed by atoms with Gasteiger partial charge in [0, 0.05) is 16.1 Å². The van der Waals surface area contributed by atoms with Crippen LogP contribution in [0.15, 0.2) is 52.9 Å². The van der Waals surface area contributed by atoms with E-state index in [9.17, 15) is 22.8 Å². The smallest absolute Gasteiger partial charge is 0.328 e. The number of aromatic nitrogens is 1. The Morgan fingerprint density at radius 3 is 2.40 bits per heavy atom. The molecule has 184 valence electrons. The van der Waals surface area contributed by atoms with Crippen molar-refractivity contribution in [3.63, 3.8) is 0 Å². The fourth-order valence-corrected chi connectivity index (χ4v) is 5.72. The zero-order valence-electron chi connectivity index (χ0n) is 19.0. The minimum absolute atomic E-state index is 0.0208.